The normalized spacial score (nSPS) is 13.4. The molecule has 2 amide bonds. The molecule has 1 heterocycles. The number of hydrogen-bond donors (Lipinski definition) is 2. The van der Waals surface area contributed by atoms with Crippen LogP contribution in [0, 0.1) is 12.3 Å². The second-order valence-electron chi connectivity index (χ2n) is 7.59. The van der Waals surface area contributed by atoms with Crippen molar-refractivity contribution < 1.29 is 9.59 Å². The summed E-state index contributed by atoms with van der Waals surface area (Å²) in [4.78, 5) is 26.6. The second kappa shape index (κ2) is 6.64. The molecular formula is C20H24N2O2S. The topological polar surface area (TPSA) is 58.2 Å². The maximum absolute atomic E-state index is 12.9. The average Bonchev–Trinajstić information content (AvgIpc) is 3.06. The van der Waals surface area contributed by atoms with Crippen LogP contribution in [0.1, 0.15) is 53.6 Å². The summed E-state index contributed by atoms with van der Waals surface area (Å²) in [6.07, 6.45) is 2.95. The minimum Gasteiger partial charge on any atom is -0.322 e. The number of thiophene rings is 1. The third-order valence-electron chi connectivity index (χ3n) is 4.33. The van der Waals surface area contributed by atoms with Crippen molar-refractivity contribution >= 4 is 33.8 Å². The van der Waals surface area contributed by atoms with Crippen LogP contribution in [-0.2, 0) is 17.6 Å². The molecule has 0 unspecified atom stereocenters. The third-order valence-corrected chi connectivity index (χ3v) is 5.54. The van der Waals surface area contributed by atoms with E-state index in [0.717, 1.165) is 36.1 Å². The Morgan fingerprint density at radius 1 is 1.12 bits per heavy atom. The molecule has 2 N–H and O–H groups in total. The van der Waals surface area contributed by atoms with Gasteiger partial charge < -0.3 is 10.6 Å². The molecule has 0 bridgehead atoms. The van der Waals surface area contributed by atoms with Crippen molar-refractivity contribution in [1.82, 2.24) is 0 Å². The van der Waals surface area contributed by atoms with E-state index in [1.165, 1.54) is 4.88 Å². The van der Waals surface area contributed by atoms with Crippen LogP contribution < -0.4 is 10.6 Å². The lowest BCUT2D eigenvalue weighted by Crippen LogP contribution is -2.28. The Hall–Kier alpha value is -2.14. The van der Waals surface area contributed by atoms with E-state index in [4.69, 9.17) is 0 Å². The molecule has 0 aliphatic heterocycles. The first kappa shape index (κ1) is 17.7. The van der Waals surface area contributed by atoms with Gasteiger partial charge in [0.15, 0.2) is 0 Å². The molecule has 1 aromatic carbocycles. The molecule has 1 aliphatic rings. The van der Waals surface area contributed by atoms with Crippen molar-refractivity contribution in [3.8, 4) is 0 Å². The number of fused-ring (bicyclic) bond motifs is 1. The fourth-order valence-corrected chi connectivity index (χ4v) is 4.22. The highest BCUT2D eigenvalue weighted by Gasteiger charge is 2.30. The average molecular weight is 356 g/mol. The summed E-state index contributed by atoms with van der Waals surface area (Å²) < 4.78 is 0. The van der Waals surface area contributed by atoms with Crippen LogP contribution in [0.3, 0.4) is 0 Å². The van der Waals surface area contributed by atoms with E-state index in [0.29, 0.717) is 10.6 Å². The summed E-state index contributed by atoms with van der Waals surface area (Å²) in [6, 6.07) is 7.74. The molecule has 1 aromatic heterocycles. The largest absolute Gasteiger partial charge is 0.322 e. The van der Waals surface area contributed by atoms with Crippen molar-refractivity contribution in [2.24, 2.45) is 5.41 Å². The molecule has 0 saturated heterocycles. The molecular weight excluding hydrogens is 332 g/mol. The molecule has 0 radical (unpaired) electrons. The molecule has 0 fully saturated rings. The maximum atomic E-state index is 12.9. The summed E-state index contributed by atoms with van der Waals surface area (Å²) in [7, 11) is 0. The lowest BCUT2D eigenvalue weighted by Gasteiger charge is -2.18. The van der Waals surface area contributed by atoms with Gasteiger partial charge in [-0.2, -0.15) is 0 Å². The molecule has 0 atom stereocenters. The zero-order chi connectivity index (χ0) is 18.2. The van der Waals surface area contributed by atoms with Crippen LogP contribution in [0.15, 0.2) is 24.3 Å². The highest BCUT2D eigenvalue weighted by molar-refractivity contribution is 7.17. The Morgan fingerprint density at radius 2 is 1.88 bits per heavy atom. The van der Waals surface area contributed by atoms with Crippen molar-refractivity contribution in [1.29, 1.82) is 0 Å². The summed E-state index contributed by atoms with van der Waals surface area (Å²) >= 11 is 1.54. The molecule has 5 heteroatoms. The Morgan fingerprint density at radius 3 is 2.56 bits per heavy atom. The molecule has 1 aliphatic carbocycles. The van der Waals surface area contributed by atoms with Gasteiger partial charge in [-0.15, -0.1) is 11.3 Å². The number of benzene rings is 1. The van der Waals surface area contributed by atoms with Crippen LogP contribution in [-0.4, -0.2) is 11.8 Å². The molecule has 25 heavy (non-hydrogen) atoms. The van der Waals surface area contributed by atoms with Crippen molar-refractivity contribution in [3.63, 3.8) is 0 Å². The number of carbonyl (C=O) groups excluding carboxylic acids is 2. The molecule has 132 valence electrons. The minimum absolute atomic E-state index is 0.0722. The van der Waals surface area contributed by atoms with E-state index in [1.807, 2.05) is 52.0 Å². The zero-order valence-corrected chi connectivity index (χ0v) is 16.0. The number of nitrogens with one attached hydrogen (secondary N) is 2. The SMILES string of the molecule is Cc1cccc(NC(=O)c2c(NC(=O)C(C)(C)C)sc3c2CCC3)c1. The standard InChI is InChI=1S/C20H24N2O2S/c1-12-7-5-8-13(11-12)21-17(23)16-14-9-6-10-15(14)25-18(16)22-19(24)20(2,3)4/h5,7-8,11H,6,9-10H2,1-4H3,(H,21,23)(H,22,24). The van der Waals surface area contributed by atoms with Gasteiger partial charge in [0, 0.05) is 16.0 Å². The Kier molecular flexibility index (Phi) is 4.69. The molecule has 0 spiro atoms. The Bertz CT molecular complexity index is 831. The monoisotopic (exact) mass is 356 g/mol. The van der Waals surface area contributed by atoms with E-state index in [2.05, 4.69) is 10.6 Å². The smallest absolute Gasteiger partial charge is 0.258 e. The van der Waals surface area contributed by atoms with Gasteiger partial charge in [0.05, 0.1) is 5.56 Å². The molecule has 3 rings (SSSR count). The number of carbonyl (C=O) groups is 2. The van der Waals surface area contributed by atoms with Crippen LogP contribution in [0.25, 0.3) is 0 Å². The van der Waals surface area contributed by atoms with E-state index in [9.17, 15) is 9.59 Å². The van der Waals surface area contributed by atoms with Crippen LogP contribution in [0.4, 0.5) is 10.7 Å². The van der Waals surface area contributed by atoms with E-state index in [1.54, 1.807) is 11.3 Å². The van der Waals surface area contributed by atoms with Gasteiger partial charge in [0.25, 0.3) is 5.91 Å². The first-order valence-electron chi connectivity index (χ1n) is 8.59. The zero-order valence-electron chi connectivity index (χ0n) is 15.2. The number of anilines is 2. The maximum Gasteiger partial charge on any atom is 0.258 e. The van der Waals surface area contributed by atoms with Crippen molar-refractivity contribution in [2.75, 3.05) is 10.6 Å². The molecule has 2 aromatic rings. The van der Waals surface area contributed by atoms with E-state index < -0.39 is 5.41 Å². The Balaban J connectivity index is 1.91. The van der Waals surface area contributed by atoms with Crippen molar-refractivity contribution in [3.05, 3.63) is 45.8 Å². The summed E-state index contributed by atoms with van der Waals surface area (Å²) in [5.74, 6) is -0.216. The molecule has 4 nitrogen and oxygen atoms in total. The van der Waals surface area contributed by atoms with Crippen LogP contribution in [0.5, 0.6) is 0 Å². The second-order valence-corrected chi connectivity index (χ2v) is 8.69. The van der Waals surface area contributed by atoms with Gasteiger partial charge >= 0.3 is 0 Å². The minimum atomic E-state index is -0.501. The first-order valence-corrected chi connectivity index (χ1v) is 9.41. The fraction of sp³-hybridized carbons (Fsp3) is 0.400. The quantitative estimate of drug-likeness (QED) is 0.831. The number of rotatable bonds is 3. The first-order chi connectivity index (χ1) is 11.8. The highest BCUT2D eigenvalue weighted by Crippen LogP contribution is 2.40. The summed E-state index contributed by atoms with van der Waals surface area (Å²) in [5, 5.41) is 6.64. The highest BCUT2D eigenvalue weighted by atomic mass is 32.1. The van der Waals surface area contributed by atoms with Crippen LogP contribution >= 0.6 is 11.3 Å². The number of amides is 2. The molecule has 0 saturated carbocycles. The summed E-state index contributed by atoms with van der Waals surface area (Å²) in [5.41, 5.74) is 3.10. The summed E-state index contributed by atoms with van der Waals surface area (Å²) in [6.45, 7) is 7.61. The van der Waals surface area contributed by atoms with Gasteiger partial charge in [-0.05, 0) is 49.4 Å². The predicted octanol–water partition coefficient (Wildman–Crippen LogP) is 4.78. The predicted molar refractivity (Wildman–Crippen MR) is 104 cm³/mol. The fourth-order valence-electron chi connectivity index (χ4n) is 2.94. The van der Waals surface area contributed by atoms with Gasteiger partial charge in [-0.25, -0.2) is 0 Å². The van der Waals surface area contributed by atoms with E-state index in [-0.39, 0.29) is 11.8 Å². The van der Waals surface area contributed by atoms with E-state index >= 15 is 0 Å². The van der Waals surface area contributed by atoms with Gasteiger partial charge in [-0.3, -0.25) is 9.59 Å². The van der Waals surface area contributed by atoms with Gasteiger partial charge in [0.2, 0.25) is 5.91 Å². The number of aryl methyl sites for hydroxylation is 2. The van der Waals surface area contributed by atoms with Gasteiger partial charge in [0.1, 0.15) is 5.00 Å². The number of hydrogen-bond acceptors (Lipinski definition) is 3. The lowest BCUT2D eigenvalue weighted by molar-refractivity contribution is -0.123. The third kappa shape index (κ3) is 3.76. The van der Waals surface area contributed by atoms with Crippen molar-refractivity contribution in [2.45, 2.75) is 47.0 Å². The Labute approximate surface area is 152 Å². The van der Waals surface area contributed by atoms with Gasteiger partial charge in [-0.1, -0.05) is 32.9 Å². The van der Waals surface area contributed by atoms with Crippen LogP contribution in [0.2, 0.25) is 0 Å². The lowest BCUT2D eigenvalue weighted by atomic mass is 9.95.